The number of aromatic nitrogens is 1. The van der Waals surface area contributed by atoms with Gasteiger partial charge >= 0.3 is 5.97 Å². The molecule has 1 aliphatic rings. The summed E-state index contributed by atoms with van der Waals surface area (Å²) in [6.07, 6.45) is 5.82. The van der Waals surface area contributed by atoms with Gasteiger partial charge in [-0.05, 0) is 36.6 Å². The van der Waals surface area contributed by atoms with Gasteiger partial charge in [0.15, 0.2) is 0 Å². The smallest absolute Gasteiger partial charge is 0.319 e. The number of nitrogens with zero attached hydrogens (tertiary/aromatic N) is 2. The average molecular weight is 389 g/mol. The van der Waals surface area contributed by atoms with Crippen LogP contribution in [-0.4, -0.2) is 21.8 Å². The maximum atomic E-state index is 12.2. The van der Waals surface area contributed by atoms with Crippen molar-refractivity contribution in [2.24, 2.45) is 10.5 Å². The second-order valence-electron chi connectivity index (χ2n) is 6.67. The first-order valence-electron chi connectivity index (χ1n) is 8.92. The number of carboxylic acid groups (broad SMARTS) is 1. The third-order valence-corrected chi connectivity index (χ3v) is 5.87. The van der Waals surface area contributed by atoms with Crippen LogP contribution in [0.25, 0.3) is 15.8 Å². The van der Waals surface area contributed by atoms with Gasteiger partial charge in [-0.2, -0.15) is 5.10 Å². The number of carboxylic acids is 1. The summed E-state index contributed by atoms with van der Waals surface area (Å²) in [4.78, 5) is 16.7. The van der Waals surface area contributed by atoms with Crippen molar-refractivity contribution >= 4 is 43.9 Å². The molecule has 0 amide bonds. The Morgan fingerprint density at radius 2 is 1.93 bits per heavy atom. The van der Waals surface area contributed by atoms with Crippen molar-refractivity contribution in [3.05, 3.63) is 78.4 Å². The molecule has 1 heterocycles. The molecule has 3 aromatic rings. The van der Waals surface area contributed by atoms with Crippen LogP contribution in [0.3, 0.4) is 0 Å². The van der Waals surface area contributed by atoms with E-state index in [1.165, 1.54) is 11.3 Å². The predicted molar refractivity (Wildman–Crippen MR) is 115 cm³/mol. The molecular formula is C22H19N3O2S. The Hall–Kier alpha value is -3.25. The number of hydrogen-bond donors (Lipinski definition) is 2. The molecule has 4 rings (SSSR count). The zero-order valence-corrected chi connectivity index (χ0v) is 16.1. The zero-order valence-electron chi connectivity index (χ0n) is 15.3. The minimum absolute atomic E-state index is 0.347. The summed E-state index contributed by atoms with van der Waals surface area (Å²) < 4.78 is 1.05. The number of hydrogen-bond acceptors (Lipinski definition) is 5. The van der Waals surface area contributed by atoms with E-state index in [0.29, 0.717) is 17.3 Å². The van der Waals surface area contributed by atoms with Gasteiger partial charge in [-0.25, -0.2) is 4.98 Å². The molecule has 0 bridgehead atoms. The van der Waals surface area contributed by atoms with Crippen LogP contribution in [0.1, 0.15) is 18.9 Å². The highest BCUT2D eigenvalue weighted by atomic mass is 32.1. The van der Waals surface area contributed by atoms with Gasteiger partial charge in [0.1, 0.15) is 5.41 Å². The molecule has 6 heteroatoms. The molecule has 1 atom stereocenters. The lowest BCUT2D eigenvalue weighted by Gasteiger charge is -2.29. The maximum Gasteiger partial charge on any atom is 0.319 e. The molecule has 0 aliphatic heterocycles. The molecule has 28 heavy (non-hydrogen) atoms. The van der Waals surface area contributed by atoms with E-state index < -0.39 is 11.4 Å². The van der Waals surface area contributed by atoms with Crippen LogP contribution in [0.15, 0.2) is 77.9 Å². The molecule has 1 aromatic heterocycles. The molecule has 0 fully saturated rings. The monoisotopic (exact) mass is 389 g/mol. The number of thiazole rings is 1. The first-order chi connectivity index (χ1) is 13.6. The SMILES string of the molecule is C/C(=N\Nc1nc2ccccc2s1)C1(C(=O)O)C=CC=C(c2ccccc2)C1. The third kappa shape index (κ3) is 3.34. The van der Waals surface area contributed by atoms with Crippen molar-refractivity contribution in [3.63, 3.8) is 0 Å². The number of anilines is 1. The van der Waals surface area contributed by atoms with E-state index in [4.69, 9.17) is 0 Å². The summed E-state index contributed by atoms with van der Waals surface area (Å²) in [5, 5.41) is 15.1. The molecule has 1 aliphatic carbocycles. The number of hydrazone groups is 1. The third-order valence-electron chi connectivity index (χ3n) is 4.93. The minimum atomic E-state index is -1.19. The molecule has 5 nitrogen and oxygen atoms in total. The van der Waals surface area contributed by atoms with Crippen molar-refractivity contribution in [2.45, 2.75) is 13.3 Å². The van der Waals surface area contributed by atoms with Crippen LogP contribution >= 0.6 is 11.3 Å². The van der Waals surface area contributed by atoms with Gasteiger partial charge in [0, 0.05) is 0 Å². The fourth-order valence-corrected chi connectivity index (χ4v) is 4.11. The molecular weight excluding hydrogens is 370 g/mol. The van der Waals surface area contributed by atoms with Gasteiger partial charge in [0.2, 0.25) is 5.13 Å². The highest BCUT2D eigenvalue weighted by Crippen LogP contribution is 2.38. The second-order valence-corrected chi connectivity index (χ2v) is 7.70. The second kappa shape index (κ2) is 7.40. The number of para-hydroxylation sites is 1. The van der Waals surface area contributed by atoms with Gasteiger partial charge < -0.3 is 5.11 Å². The Kier molecular flexibility index (Phi) is 4.79. The lowest BCUT2D eigenvalue weighted by atomic mass is 9.73. The lowest BCUT2D eigenvalue weighted by Crippen LogP contribution is -2.38. The molecule has 0 saturated heterocycles. The summed E-state index contributed by atoms with van der Waals surface area (Å²) in [5.41, 5.74) is 5.12. The fraction of sp³-hybridized carbons (Fsp3) is 0.136. The number of rotatable bonds is 5. The van der Waals surface area contributed by atoms with E-state index in [2.05, 4.69) is 15.5 Å². The zero-order chi connectivity index (χ0) is 19.6. The van der Waals surface area contributed by atoms with E-state index in [1.807, 2.05) is 60.7 Å². The van der Waals surface area contributed by atoms with E-state index in [0.717, 1.165) is 21.4 Å². The van der Waals surface area contributed by atoms with Crippen molar-refractivity contribution in [1.82, 2.24) is 4.98 Å². The lowest BCUT2D eigenvalue weighted by molar-refractivity contribution is -0.142. The molecule has 0 spiro atoms. The molecule has 1 unspecified atom stereocenters. The van der Waals surface area contributed by atoms with E-state index in [-0.39, 0.29) is 0 Å². The molecule has 140 valence electrons. The van der Waals surface area contributed by atoms with Gasteiger partial charge in [-0.15, -0.1) is 0 Å². The van der Waals surface area contributed by atoms with Crippen LogP contribution in [0, 0.1) is 5.41 Å². The summed E-state index contributed by atoms with van der Waals surface area (Å²) >= 11 is 1.48. The summed E-state index contributed by atoms with van der Waals surface area (Å²) in [6, 6.07) is 17.7. The Bertz CT molecular complexity index is 1080. The molecule has 0 saturated carbocycles. The van der Waals surface area contributed by atoms with Gasteiger partial charge in [0.25, 0.3) is 0 Å². The van der Waals surface area contributed by atoms with Gasteiger partial charge in [-0.3, -0.25) is 10.2 Å². The molecule has 2 aromatic carbocycles. The number of carbonyl (C=O) groups is 1. The van der Waals surface area contributed by atoms with E-state index in [9.17, 15) is 9.90 Å². The van der Waals surface area contributed by atoms with Crippen LogP contribution in [0.4, 0.5) is 5.13 Å². The summed E-state index contributed by atoms with van der Waals surface area (Å²) in [7, 11) is 0. The number of aliphatic carboxylic acids is 1. The molecule has 2 N–H and O–H groups in total. The van der Waals surface area contributed by atoms with Gasteiger partial charge in [-0.1, -0.05) is 72.0 Å². The average Bonchev–Trinajstić information content (AvgIpc) is 3.15. The first-order valence-corrected chi connectivity index (χ1v) is 9.74. The number of nitrogens with one attached hydrogen (secondary N) is 1. The minimum Gasteiger partial charge on any atom is -0.480 e. The highest BCUT2D eigenvalue weighted by molar-refractivity contribution is 7.22. The van der Waals surface area contributed by atoms with E-state index in [1.54, 1.807) is 19.1 Å². The predicted octanol–water partition coefficient (Wildman–Crippen LogP) is 5.20. The van der Waals surface area contributed by atoms with Crippen LogP contribution < -0.4 is 5.43 Å². The van der Waals surface area contributed by atoms with Crippen molar-refractivity contribution < 1.29 is 9.90 Å². The normalized spacial score (nSPS) is 19.5. The maximum absolute atomic E-state index is 12.2. The van der Waals surface area contributed by atoms with Crippen LogP contribution in [-0.2, 0) is 4.79 Å². The highest BCUT2D eigenvalue weighted by Gasteiger charge is 2.41. The van der Waals surface area contributed by atoms with E-state index >= 15 is 0 Å². The Morgan fingerprint density at radius 1 is 1.18 bits per heavy atom. The topological polar surface area (TPSA) is 74.6 Å². The van der Waals surface area contributed by atoms with Crippen LogP contribution in [0.5, 0.6) is 0 Å². The molecule has 0 radical (unpaired) electrons. The Balaban J connectivity index is 1.62. The van der Waals surface area contributed by atoms with Crippen molar-refractivity contribution in [1.29, 1.82) is 0 Å². The quantitative estimate of drug-likeness (QED) is 0.465. The van der Waals surface area contributed by atoms with Crippen molar-refractivity contribution in [3.8, 4) is 0 Å². The summed E-state index contributed by atoms with van der Waals surface area (Å²) in [6.45, 7) is 1.74. The fourth-order valence-electron chi connectivity index (χ4n) is 3.30. The first kappa shape index (κ1) is 18.1. The summed E-state index contributed by atoms with van der Waals surface area (Å²) in [5.74, 6) is -0.919. The largest absolute Gasteiger partial charge is 0.480 e. The number of fused-ring (bicyclic) bond motifs is 1. The van der Waals surface area contributed by atoms with Crippen LogP contribution in [0.2, 0.25) is 0 Å². The standard InChI is InChI=1S/C22H19N3O2S/c1-15(24-25-21-23-18-11-5-6-12-19(18)28-21)22(20(26)27)13-7-10-17(14-22)16-8-3-2-4-9-16/h2-13H,14H2,1H3,(H,23,25)(H,26,27)/b24-15+. The Morgan fingerprint density at radius 3 is 2.68 bits per heavy atom. The van der Waals surface area contributed by atoms with Gasteiger partial charge in [0.05, 0.1) is 15.9 Å². The van der Waals surface area contributed by atoms with Crippen molar-refractivity contribution in [2.75, 3.05) is 5.43 Å². The number of allylic oxidation sites excluding steroid dienone is 3. The Labute approximate surface area is 166 Å². The number of benzene rings is 2.